The highest BCUT2D eigenvalue weighted by atomic mass is 16.3. The third-order valence-corrected chi connectivity index (χ3v) is 7.01. The highest BCUT2D eigenvalue weighted by Crippen LogP contribution is 2.48. The van der Waals surface area contributed by atoms with Crippen LogP contribution in [0, 0.1) is 17.8 Å². The maximum absolute atomic E-state index is 10.6. The van der Waals surface area contributed by atoms with Gasteiger partial charge in [0.05, 0.1) is 12.2 Å². The van der Waals surface area contributed by atoms with Crippen molar-refractivity contribution in [2.75, 3.05) is 39.6 Å². The number of fused-ring (bicyclic) bond motifs is 1. The van der Waals surface area contributed by atoms with Crippen LogP contribution >= 0.6 is 0 Å². The number of aliphatic hydroxyl groups excluding tert-OH is 2. The lowest BCUT2D eigenvalue weighted by Gasteiger charge is -2.19. The first-order valence-corrected chi connectivity index (χ1v) is 12.0. The molecule has 0 saturated heterocycles. The molecule has 5 atom stereocenters. The summed E-state index contributed by atoms with van der Waals surface area (Å²) >= 11 is 0. The lowest BCUT2D eigenvalue weighted by Crippen LogP contribution is -2.18. The second-order valence-electron chi connectivity index (χ2n) is 10.1. The van der Waals surface area contributed by atoms with Crippen LogP contribution < -0.4 is 4.90 Å². The van der Waals surface area contributed by atoms with Gasteiger partial charge in [-0.1, -0.05) is 42.4 Å². The molecule has 1 saturated carbocycles. The summed E-state index contributed by atoms with van der Waals surface area (Å²) in [6, 6.07) is 8.34. The highest BCUT2D eigenvalue weighted by Gasteiger charge is 2.43. The Balaban J connectivity index is 1.46. The van der Waals surface area contributed by atoms with Crippen LogP contribution in [-0.2, 0) is 6.42 Å². The van der Waals surface area contributed by atoms with Crippen molar-refractivity contribution in [2.45, 2.75) is 57.2 Å². The smallest absolute Gasteiger partial charge is 0.0761 e. The molecule has 0 aliphatic heterocycles. The van der Waals surface area contributed by atoms with Crippen LogP contribution in [0.4, 0.5) is 5.69 Å². The van der Waals surface area contributed by atoms with Gasteiger partial charge in [0.15, 0.2) is 0 Å². The number of allylic oxidation sites excluding steroid dienone is 2. The van der Waals surface area contributed by atoms with Gasteiger partial charge in [0.25, 0.3) is 0 Å². The van der Waals surface area contributed by atoms with Crippen molar-refractivity contribution in [1.29, 1.82) is 0 Å². The van der Waals surface area contributed by atoms with E-state index in [0.717, 1.165) is 24.1 Å². The molecule has 0 amide bonds. The van der Waals surface area contributed by atoms with E-state index in [9.17, 15) is 10.2 Å². The standard InChI is InChI=1S/C27H42N2O2/c1-28(2)15-7-5-6-8-21-16-22-19-27(31)25(26(22)18-21)14-13-24(30)17-20-9-11-23(12-10-20)29(3)4/h9-14,16,22,24-27,30-31H,5-8,15,17-19H2,1-4H3/b14-13+/t22-,24+,25+,26-,27+/m0/s1. The summed E-state index contributed by atoms with van der Waals surface area (Å²) in [6.45, 7) is 1.17. The largest absolute Gasteiger partial charge is 0.392 e. The molecule has 4 nitrogen and oxygen atoms in total. The van der Waals surface area contributed by atoms with E-state index in [2.05, 4.69) is 60.3 Å². The number of aliphatic hydroxyl groups is 2. The zero-order valence-electron chi connectivity index (χ0n) is 19.9. The van der Waals surface area contributed by atoms with Crippen molar-refractivity contribution in [3.05, 3.63) is 53.6 Å². The third-order valence-electron chi connectivity index (χ3n) is 7.01. The molecule has 0 spiro atoms. The number of hydrogen-bond acceptors (Lipinski definition) is 4. The van der Waals surface area contributed by atoms with Crippen molar-refractivity contribution >= 4 is 5.69 Å². The summed E-state index contributed by atoms with van der Waals surface area (Å²) in [5, 5.41) is 21.1. The highest BCUT2D eigenvalue weighted by molar-refractivity contribution is 5.46. The second-order valence-corrected chi connectivity index (χ2v) is 10.1. The first kappa shape index (κ1) is 24.0. The SMILES string of the molecule is CN(C)CCCCCC1=C[C@H]2C[C@@H](O)[C@H](/C=C/[C@@H](O)Cc3ccc(N(C)C)cc3)[C@H]2C1. The first-order chi connectivity index (χ1) is 14.8. The Morgan fingerprint density at radius 3 is 2.48 bits per heavy atom. The van der Waals surface area contributed by atoms with Crippen LogP contribution in [0.3, 0.4) is 0 Å². The van der Waals surface area contributed by atoms with Gasteiger partial charge < -0.3 is 20.0 Å². The van der Waals surface area contributed by atoms with Crippen LogP contribution in [0.15, 0.2) is 48.1 Å². The third kappa shape index (κ3) is 6.93. The molecule has 0 heterocycles. The Morgan fingerprint density at radius 1 is 1.06 bits per heavy atom. The summed E-state index contributed by atoms with van der Waals surface area (Å²) in [5.74, 6) is 1.19. The van der Waals surface area contributed by atoms with Crippen molar-refractivity contribution < 1.29 is 10.2 Å². The zero-order chi connectivity index (χ0) is 22.4. The summed E-state index contributed by atoms with van der Waals surface area (Å²) in [6.07, 6.45) is 13.3. The minimum absolute atomic E-state index is 0.165. The van der Waals surface area contributed by atoms with Gasteiger partial charge in [-0.3, -0.25) is 0 Å². The molecule has 1 aromatic carbocycles. The van der Waals surface area contributed by atoms with E-state index in [1.165, 1.54) is 32.2 Å². The molecule has 3 rings (SSSR count). The number of unbranched alkanes of at least 4 members (excludes halogenated alkanes) is 2. The Hall–Kier alpha value is -1.62. The first-order valence-electron chi connectivity index (χ1n) is 12.0. The molecule has 31 heavy (non-hydrogen) atoms. The molecular weight excluding hydrogens is 384 g/mol. The summed E-state index contributed by atoms with van der Waals surface area (Å²) in [5.41, 5.74) is 3.88. The molecule has 1 aromatic rings. The van der Waals surface area contributed by atoms with Crippen molar-refractivity contribution in [3.63, 3.8) is 0 Å². The van der Waals surface area contributed by atoms with E-state index < -0.39 is 6.10 Å². The van der Waals surface area contributed by atoms with Crippen LogP contribution in [0.2, 0.25) is 0 Å². The lowest BCUT2D eigenvalue weighted by atomic mass is 9.88. The topological polar surface area (TPSA) is 46.9 Å². The van der Waals surface area contributed by atoms with E-state index in [-0.39, 0.29) is 12.0 Å². The van der Waals surface area contributed by atoms with E-state index in [1.54, 1.807) is 5.57 Å². The average Bonchev–Trinajstić information content (AvgIpc) is 3.22. The Labute approximate surface area is 189 Å². The molecule has 2 N–H and O–H groups in total. The van der Waals surface area contributed by atoms with E-state index >= 15 is 0 Å². The molecule has 0 aromatic heterocycles. The number of benzene rings is 1. The van der Waals surface area contributed by atoms with Gasteiger partial charge in [0, 0.05) is 32.1 Å². The average molecular weight is 427 g/mol. The van der Waals surface area contributed by atoms with Crippen molar-refractivity contribution in [3.8, 4) is 0 Å². The van der Waals surface area contributed by atoms with Crippen molar-refractivity contribution in [2.24, 2.45) is 17.8 Å². The number of anilines is 1. The van der Waals surface area contributed by atoms with E-state index in [0.29, 0.717) is 18.3 Å². The maximum Gasteiger partial charge on any atom is 0.0761 e. The van der Waals surface area contributed by atoms with Gasteiger partial charge in [-0.25, -0.2) is 0 Å². The monoisotopic (exact) mass is 426 g/mol. The molecule has 0 bridgehead atoms. The van der Waals surface area contributed by atoms with Crippen LogP contribution in [0.25, 0.3) is 0 Å². The van der Waals surface area contributed by atoms with Gasteiger partial charge in [-0.2, -0.15) is 0 Å². The minimum atomic E-state index is -0.512. The predicted octanol–water partition coefficient (Wildman–Crippen LogP) is 4.28. The minimum Gasteiger partial charge on any atom is -0.392 e. The van der Waals surface area contributed by atoms with Gasteiger partial charge in [-0.05, 0) is 82.3 Å². The lowest BCUT2D eigenvalue weighted by molar-refractivity contribution is 0.140. The summed E-state index contributed by atoms with van der Waals surface area (Å²) in [7, 11) is 8.33. The normalized spacial score (nSPS) is 26.5. The van der Waals surface area contributed by atoms with Gasteiger partial charge in [-0.15, -0.1) is 0 Å². The molecule has 0 radical (unpaired) electrons. The maximum atomic E-state index is 10.6. The molecule has 4 heteroatoms. The number of nitrogens with zero attached hydrogens (tertiary/aromatic N) is 2. The molecule has 2 aliphatic rings. The van der Waals surface area contributed by atoms with Gasteiger partial charge in [0.2, 0.25) is 0 Å². The molecular formula is C27H42N2O2. The predicted molar refractivity (Wildman–Crippen MR) is 130 cm³/mol. The van der Waals surface area contributed by atoms with Crippen LogP contribution in [-0.4, -0.2) is 62.1 Å². The number of hydrogen-bond donors (Lipinski definition) is 2. The van der Waals surface area contributed by atoms with Gasteiger partial charge >= 0.3 is 0 Å². The fraction of sp³-hybridized carbons (Fsp3) is 0.630. The van der Waals surface area contributed by atoms with E-state index in [4.69, 9.17) is 0 Å². The molecule has 172 valence electrons. The second kappa shape index (κ2) is 11.3. The Bertz CT molecular complexity index is 738. The molecule has 0 unspecified atom stereocenters. The fourth-order valence-corrected chi connectivity index (χ4v) is 5.24. The fourth-order valence-electron chi connectivity index (χ4n) is 5.24. The quantitative estimate of drug-likeness (QED) is 0.410. The van der Waals surface area contributed by atoms with Crippen LogP contribution in [0.5, 0.6) is 0 Å². The molecule has 1 fully saturated rings. The Morgan fingerprint density at radius 2 is 1.81 bits per heavy atom. The van der Waals surface area contributed by atoms with Gasteiger partial charge in [0.1, 0.15) is 0 Å². The number of rotatable bonds is 11. The zero-order valence-corrected chi connectivity index (χ0v) is 19.9. The van der Waals surface area contributed by atoms with Crippen LogP contribution in [0.1, 0.15) is 44.1 Å². The van der Waals surface area contributed by atoms with E-state index in [1.807, 2.05) is 20.2 Å². The summed E-state index contributed by atoms with van der Waals surface area (Å²) in [4.78, 5) is 4.33. The van der Waals surface area contributed by atoms with Crippen molar-refractivity contribution in [1.82, 2.24) is 4.90 Å². The summed E-state index contributed by atoms with van der Waals surface area (Å²) < 4.78 is 0. The molecule has 2 aliphatic carbocycles. The Kier molecular flexibility index (Phi) is 8.76.